The van der Waals surface area contributed by atoms with Gasteiger partial charge in [0.05, 0.1) is 11.4 Å². The van der Waals surface area contributed by atoms with E-state index in [1.165, 1.54) is 5.56 Å². The van der Waals surface area contributed by atoms with Crippen molar-refractivity contribution in [1.82, 2.24) is 15.1 Å². The first kappa shape index (κ1) is 18.1. The van der Waals surface area contributed by atoms with Crippen LogP contribution >= 0.6 is 0 Å². The number of aromatic nitrogens is 2. The topological polar surface area (TPSA) is 59.0 Å². The van der Waals surface area contributed by atoms with Gasteiger partial charge in [-0.05, 0) is 68.5 Å². The predicted molar refractivity (Wildman–Crippen MR) is 110 cm³/mol. The summed E-state index contributed by atoms with van der Waals surface area (Å²) in [5.41, 5.74) is 6.45. The standard InChI is InChI=1S/C23H23FN4O/c1-14-5-8-16(9-6-14)28-20-4-2-3-18(20)22(27-28)23(29)26-19-10-7-15-13-25-12-11-17(15)21(19)24/h5-10,25H,2-4,11-13H2,1H3,(H,26,29). The summed E-state index contributed by atoms with van der Waals surface area (Å²) in [4.78, 5) is 13.0. The second-order valence-corrected chi connectivity index (χ2v) is 7.82. The van der Waals surface area contributed by atoms with Crippen LogP contribution in [0.3, 0.4) is 0 Å². The summed E-state index contributed by atoms with van der Waals surface area (Å²) in [7, 11) is 0. The molecule has 0 atom stereocenters. The number of rotatable bonds is 3. The number of aryl methyl sites for hydroxylation is 1. The molecule has 0 unspecified atom stereocenters. The minimum atomic E-state index is -0.346. The summed E-state index contributed by atoms with van der Waals surface area (Å²) in [6.45, 7) is 3.45. The zero-order chi connectivity index (χ0) is 20.0. The van der Waals surface area contributed by atoms with Crippen molar-refractivity contribution >= 4 is 11.6 Å². The van der Waals surface area contributed by atoms with Crippen molar-refractivity contribution in [2.75, 3.05) is 11.9 Å². The molecule has 1 aliphatic heterocycles. The lowest BCUT2D eigenvalue weighted by Gasteiger charge is -2.19. The molecule has 0 saturated carbocycles. The molecule has 0 radical (unpaired) electrons. The fourth-order valence-electron chi connectivity index (χ4n) is 4.33. The molecule has 1 aliphatic carbocycles. The van der Waals surface area contributed by atoms with Crippen LogP contribution in [0.15, 0.2) is 36.4 Å². The van der Waals surface area contributed by atoms with Gasteiger partial charge < -0.3 is 10.6 Å². The number of carbonyl (C=O) groups is 1. The van der Waals surface area contributed by atoms with E-state index in [9.17, 15) is 9.18 Å². The SMILES string of the molecule is Cc1ccc(-n2nc(C(=O)Nc3ccc4c(c3F)CCNC4)c3c2CCC3)cc1. The lowest BCUT2D eigenvalue weighted by atomic mass is 9.99. The Balaban J connectivity index is 1.48. The molecular formula is C23H23FN4O. The normalized spacial score (nSPS) is 15.1. The Hall–Kier alpha value is -2.99. The summed E-state index contributed by atoms with van der Waals surface area (Å²) in [6, 6.07) is 11.6. The maximum atomic E-state index is 14.9. The molecule has 2 heterocycles. The number of anilines is 1. The van der Waals surface area contributed by atoms with E-state index in [2.05, 4.69) is 15.7 Å². The second kappa shape index (κ2) is 7.12. The minimum absolute atomic E-state index is 0.229. The highest BCUT2D eigenvalue weighted by Gasteiger charge is 2.28. The molecule has 5 rings (SSSR count). The maximum absolute atomic E-state index is 14.9. The average Bonchev–Trinajstić information content (AvgIpc) is 3.34. The van der Waals surface area contributed by atoms with Gasteiger partial charge in [0.15, 0.2) is 5.69 Å². The minimum Gasteiger partial charge on any atom is -0.318 e. The molecule has 0 fully saturated rings. The molecule has 29 heavy (non-hydrogen) atoms. The number of nitrogens with zero attached hydrogens (tertiary/aromatic N) is 2. The van der Waals surface area contributed by atoms with Crippen molar-refractivity contribution in [1.29, 1.82) is 0 Å². The van der Waals surface area contributed by atoms with Crippen LogP contribution in [0.2, 0.25) is 0 Å². The molecule has 6 heteroatoms. The molecule has 1 amide bonds. The molecule has 148 valence electrons. The first-order chi connectivity index (χ1) is 14.1. The summed E-state index contributed by atoms with van der Waals surface area (Å²) >= 11 is 0. The third kappa shape index (κ3) is 3.13. The van der Waals surface area contributed by atoms with Crippen LogP contribution in [0, 0.1) is 12.7 Å². The Morgan fingerprint density at radius 1 is 1.10 bits per heavy atom. The van der Waals surface area contributed by atoms with Gasteiger partial charge in [-0.2, -0.15) is 5.10 Å². The summed E-state index contributed by atoms with van der Waals surface area (Å²) in [5.74, 6) is -0.672. The smallest absolute Gasteiger partial charge is 0.276 e. The Bertz CT molecular complexity index is 1100. The van der Waals surface area contributed by atoms with E-state index in [1.807, 2.05) is 41.9 Å². The van der Waals surface area contributed by atoms with Gasteiger partial charge in [0.2, 0.25) is 0 Å². The number of halogens is 1. The van der Waals surface area contributed by atoms with E-state index in [-0.39, 0.29) is 17.4 Å². The molecule has 5 nitrogen and oxygen atoms in total. The Morgan fingerprint density at radius 2 is 1.93 bits per heavy atom. The number of nitrogens with one attached hydrogen (secondary N) is 2. The quantitative estimate of drug-likeness (QED) is 0.717. The highest BCUT2D eigenvalue weighted by Crippen LogP contribution is 2.30. The molecule has 3 aromatic rings. The van der Waals surface area contributed by atoms with Crippen LogP contribution in [-0.4, -0.2) is 22.2 Å². The highest BCUT2D eigenvalue weighted by atomic mass is 19.1. The van der Waals surface area contributed by atoms with E-state index in [1.54, 1.807) is 6.07 Å². The van der Waals surface area contributed by atoms with Crippen molar-refractivity contribution in [2.24, 2.45) is 0 Å². The van der Waals surface area contributed by atoms with E-state index in [4.69, 9.17) is 0 Å². The largest absolute Gasteiger partial charge is 0.318 e. The molecular weight excluding hydrogens is 367 g/mol. The monoisotopic (exact) mass is 390 g/mol. The molecule has 2 aliphatic rings. The zero-order valence-corrected chi connectivity index (χ0v) is 16.4. The van der Waals surface area contributed by atoms with Crippen LogP contribution in [0.1, 0.15) is 44.9 Å². The predicted octanol–water partition coefficient (Wildman–Crippen LogP) is 3.71. The maximum Gasteiger partial charge on any atom is 0.276 e. The molecule has 0 bridgehead atoms. The number of carbonyl (C=O) groups excluding carboxylic acids is 1. The van der Waals surface area contributed by atoms with Gasteiger partial charge in [-0.25, -0.2) is 9.07 Å². The summed E-state index contributed by atoms with van der Waals surface area (Å²) < 4.78 is 16.8. The van der Waals surface area contributed by atoms with Crippen LogP contribution in [0.4, 0.5) is 10.1 Å². The van der Waals surface area contributed by atoms with E-state index >= 15 is 0 Å². The lowest BCUT2D eigenvalue weighted by molar-refractivity contribution is 0.102. The van der Waals surface area contributed by atoms with Crippen molar-refractivity contribution < 1.29 is 9.18 Å². The van der Waals surface area contributed by atoms with Crippen molar-refractivity contribution in [2.45, 2.75) is 39.2 Å². The molecule has 2 N–H and O–H groups in total. The van der Waals surface area contributed by atoms with Gasteiger partial charge in [0.25, 0.3) is 5.91 Å². The van der Waals surface area contributed by atoms with Gasteiger partial charge in [-0.3, -0.25) is 4.79 Å². The van der Waals surface area contributed by atoms with E-state index in [0.29, 0.717) is 24.2 Å². The second-order valence-electron chi connectivity index (χ2n) is 7.82. The summed E-state index contributed by atoms with van der Waals surface area (Å²) in [5, 5.41) is 10.6. The number of hydrogen-bond donors (Lipinski definition) is 2. The fourth-order valence-corrected chi connectivity index (χ4v) is 4.33. The Labute approximate surface area is 168 Å². The highest BCUT2D eigenvalue weighted by molar-refractivity contribution is 6.04. The van der Waals surface area contributed by atoms with Gasteiger partial charge in [0, 0.05) is 17.8 Å². The van der Waals surface area contributed by atoms with Gasteiger partial charge in [-0.1, -0.05) is 23.8 Å². The first-order valence-electron chi connectivity index (χ1n) is 10.1. The molecule has 2 aromatic carbocycles. The third-order valence-corrected chi connectivity index (χ3v) is 5.88. The lowest BCUT2D eigenvalue weighted by Crippen LogP contribution is -2.25. The van der Waals surface area contributed by atoms with Gasteiger partial charge in [0.1, 0.15) is 5.82 Å². The average molecular weight is 390 g/mol. The number of amides is 1. The van der Waals surface area contributed by atoms with Crippen LogP contribution < -0.4 is 10.6 Å². The number of hydrogen-bond acceptors (Lipinski definition) is 3. The van der Waals surface area contributed by atoms with Gasteiger partial charge in [-0.15, -0.1) is 0 Å². The van der Waals surface area contributed by atoms with Gasteiger partial charge >= 0.3 is 0 Å². The zero-order valence-electron chi connectivity index (χ0n) is 16.4. The van der Waals surface area contributed by atoms with Crippen LogP contribution in [0.5, 0.6) is 0 Å². The molecule has 0 spiro atoms. The number of fused-ring (bicyclic) bond motifs is 2. The Morgan fingerprint density at radius 3 is 2.76 bits per heavy atom. The van der Waals surface area contributed by atoms with E-state index in [0.717, 1.165) is 48.3 Å². The first-order valence-corrected chi connectivity index (χ1v) is 10.1. The van der Waals surface area contributed by atoms with Crippen LogP contribution in [-0.2, 0) is 25.8 Å². The fraction of sp³-hybridized carbons (Fsp3) is 0.304. The van der Waals surface area contributed by atoms with Crippen molar-refractivity contribution in [3.8, 4) is 5.69 Å². The van der Waals surface area contributed by atoms with Crippen LogP contribution in [0.25, 0.3) is 5.69 Å². The number of benzene rings is 2. The Kier molecular flexibility index (Phi) is 4.43. The molecule has 1 aromatic heterocycles. The van der Waals surface area contributed by atoms with Crippen molar-refractivity contribution in [3.05, 3.63) is 75.9 Å². The summed E-state index contributed by atoms with van der Waals surface area (Å²) in [6.07, 6.45) is 3.34. The third-order valence-electron chi connectivity index (χ3n) is 5.88. The van der Waals surface area contributed by atoms with Crippen molar-refractivity contribution in [3.63, 3.8) is 0 Å². The molecule has 0 saturated heterocycles. The van der Waals surface area contributed by atoms with E-state index < -0.39 is 0 Å².